The van der Waals surface area contributed by atoms with E-state index in [0.29, 0.717) is 0 Å². The highest BCUT2D eigenvalue weighted by Gasteiger charge is 2.29. The van der Waals surface area contributed by atoms with Gasteiger partial charge >= 0.3 is 5.97 Å². The molecule has 11 heteroatoms. The number of hydrogen-bond donors (Lipinski definition) is 3. The predicted molar refractivity (Wildman–Crippen MR) is 128 cm³/mol. The lowest BCUT2D eigenvalue weighted by molar-refractivity contribution is -0.142. The molecule has 1 heterocycles. The number of carboxylic acid groups (broad SMARTS) is 1. The maximum atomic E-state index is 12.5. The summed E-state index contributed by atoms with van der Waals surface area (Å²) in [4.78, 5) is 73.9. The van der Waals surface area contributed by atoms with Crippen LogP contribution in [0.1, 0.15) is 47.5 Å². The highest BCUT2D eigenvalue weighted by molar-refractivity contribution is 6.12. The van der Waals surface area contributed by atoms with Crippen LogP contribution in [-0.2, 0) is 28.8 Å². The molecule has 35 heavy (non-hydrogen) atoms. The van der Waals surface area contributed by atoms with E-state index in [2.05, 4.69) is 10.6 Å². The van der Waals surface area contributed by atoms with Crippen molar-refractivity contribution in [2.24, 2.45) is 11.3 Å². The van der Waals surface area contributed by atoms with Crippen LogP contribution in [0.2, 0.25) is 0 Å². The standard InChI is InChI=1S/C24H36N4O7/c1-15(11-13-27(6)22(33)16(2)24(3,4)5)21(32)26-17(23(34)35)7-8-18(29)25-12-14-28-19(30)9-10-20(28)31/h9-11,16-17H,7-8,12-14H2,1-6H3,(H,25,29)(H,26,32)(H,34,35)/b15-11+. The summed E-state index contributed by atoms with van der Waals surface area (Å²) in [7, 11) is 1.64. The van der Waals surface area contributed by atoms with Crippen LogP contribution in [0.4, 0.5) is 0 Å². The zero-order valence-electron chi connectivity index (χ0n) is 21.2. The second kappa shape index (κ2) is 12.8. The zero-order valence-corrected chi connectivity index (χ0v) is 21.2. The molecule has 0 saturated heterocycles. The normalized spacial score (nSPS) is 15.6. The molecular weight excluding hydrogens is 456 g/mol. The number of rotatable bonds is 12. The van der Waals surface area contributed by atoms with E-state index in [-0.39, 0.29) is 55.3 Å². The van der Waals surface area contributed by atoms with Gasteiger partial charge in [-0.25, -0.2) is 4.79 Å². The van der Waals surface area contributed by atoms with Crippen molar-refractivity contribution in [3.63, 3.8) is 0 Å². The van der Waals surface area contributed by atoms with Gasteiger partial charge in [0.1, 0.15) is 6.04 Å². The maximum absolute atomic E-state index is 12.5. The number of amides is 5. The average Bonchev–Trinajstić information content (AvgIpc) is 3.09. The van der Waals surface area contributed by atoms with Gasteiger partial charge in [0.2, 0.25) is 17.7 Å². The SMILES string of the molecule is C/C(=C\CN(C)C(=O)C(C)C(C)(C)C)C(=O)NC(CCC(=O)NCCN1C(=O)C=CC1=O)C(=O)O. The van der Waals surface area contributed by atoms with Crippen molar-refractivity contribution < 1.29 is 33.9 Å². The largest absolute Gasteiger partial charge is 0.480 e. The third-order valence-corrected chi connectivity index (χ3v) is 5.90. The summed E-state index contributed by atoms with van der Waals surface area (Å²) in [5.74, 6) is -3.57. The average molecular weight is 493 g/mol. The van der Waals surface area contributed by atoms with Gasteiger partial charge in [0.25, 0.3) is 11.8 Å². The summed E-state index contributed by atoms with van der Waals surface area (Å²) in [5, 5.41) is 14.3. The van der Waals surface area contributed by atoms with Gasteiger partial charge in [0.05, 0.1) is 0 Å². The minimum Gasteiger partial charge on any atom is -0.480 e. The second-order valence-electron chi connectivity index (χ2n) is 9.61. The summed E-state index contributed by atoms with van der Waals surface area (Å²) < 4.78 is 0. The number of hydrogen-bond acceptors (Lipinski definition) is 6. The first-order valence-electron chi connectivity index (χ1n) is 11.4. The number of carbonyl (C=O) groups is 6. The predicted octanol–water partition coefficient (Wildman–Crippen LogP) is 0.464. The van der Waals surface area contributed by atoms with Crippen molar-refractivity contribution in [3.8, 4) is 0 Å². The third kappa shape index (κ3) is 9.34. The molecule has 1 rings (SSSR count). The summed E-state index contributed by atoms with van der Waals surface area (Å²) in [6, 6.07) is -1.29. The summed E-state index contributed by atoms with van der Waals surface area (Å²) in [6.45, 7) is 9.50. The molecular formula is C24H36N4O7. The molecule has 0 bridgehead atoms. The number of imide groups is 1. The van der Waals surface area contributed by atoms with Gasteiger partial charge in [-0.15, -0.1) is 0 Å². The molecule has 3 N–H and O–H groups in total. The minimum absolute atomic E-state index is 0.00493. The molecule has 0 aromatic rings. The first kappa shape index (κ1) is 29.5. The van der Waals surface area contributed by atoms with Crippen molar-refractivity contribution >= 4 is 35.5 Å². The number of aliphatic carboxylic acids is 1. The molecule has 0 aromatic carbocycles. The Morgan fingerprint density at radius 2 is 1.71 bits per heavy atom. The molecule has 0 aromatic heterocycles. The second-order valence-corrected chi connectivity index (χ2v) is 9.61. The van der Waals surface area contributed by atoms with E-state index in [1.54, 1.807) is 13.1 Å². The van der Waals surface area contributed by atoms with Gasteiger partial charge in [-0.3, -0.25) is 28.9 Å². The molecule has 11 nitrogen and oxygen atoms in total. The van der Waals surface area contributed by atoms with Crippen LogP contribution in [0.25, 0.3) is 0 Å². The zero-order chi connectivity index (χ0) is 26.9. The number of carbonyl (C=O) groups excluding carboxylic acids is 5. The molecule has 2 unspecified atom stereocenters. The van der Waals surface area contributed by atoms with Crippen molar-refractivity contribution in [2.45, 2.75) is 53.5 Å². The smallest absolute Gasteiger partial charge is 0.326 e. The van der Waals surface area contributed by atoms with Crippen molar-refractivity contribution in [1.82, 2.24) is 20.4 Å². The highest BCUT2D eigenvalue weighted by atomic mass is 16.4. The van der Waals surface area contributed by atoms with E-state index < -0.39 is 35.6 Å². The summed E-state index contributed by atoms with van der Waals surface area (Å²) in [6.07, 6.45) is 3.50. The third-order valence-electron chi connectivity index (χ3n) is 5.90. The van der Waals surface area contributed by atoms with Crippen molar-refractivity contribution in [1.29, 1.82) is 0 Å². The number of carboxylic acids is 1. The van der Waals surface area contributed by atoms with Crippen LogP contribution in [0.15, 0.2) is 23.8 Å². The summed E-state index contributed by atoms with van der Waals surface area (Å²) in [5.41, 5.74) is 0.0419. The Morgan fingerprint density at radius 1 is 1.14 bits per heavy atom. The van der Waals surface area contributed by atoms with Gasteiger partial charge in [0, 0.05) is 56.7 Å². The first-order valence-corrected chi connectivity index (χ1v) is 11.4. The van der Waals surface area contributed by atoms with Gasteiger partial charge in [0.15, 0.2) is 0 Å². The van der Waals surface area contributed by atoms with Crippen LogP contribution >= 0.6 is 0 Å². The van der Waals surface area contributed by atoms with Crippen molar-refractivity contribution in [3.05, 3.63) is 23.8 Å². The number of likely N-dealkylation sites (N-methyl/N-ethyl adjacent to an activating group) is 1. The Bertz CT molecular complexity index is 899. The Kier molecular flexibility index (Phi) is 10.8. The van der Waals surface area contributed by atoms with E-state index >= 15 is 0 Å². The van der Waals surface area contributed by atoms with Crippen LogP contribution < -0.4 is 10.6 Å². The van der Waals surface area contributed by atoms with E-state index in [0.717, 1.165) is 17.1 Å². The molecule has 0 aliphatic carbocycles. The Hall–Kier alpha value is -3.50. The van der Waals surface area contributed by atoms with Crippen LogP contribution in [0, 0.1) is 11.3 Å². The lowest BCUT2D eigenvalue weighted by atomic mass is 9.81. The van der Waals surface area contributed by atoms with E-state index in [1.165, 1.54) is 11.8 Å². The fourth-order valence-corrected chi connectivity index (χ4v) is 3.01. The molecule has 0 spiro atoms. The van der Waals surface area contributed by atoms with Crippen LogP contribution in [0.3, 0.4) is 0 Å². The van der Waals surface area contributed by atoms with Crippen molar-refractivity contribution in [2.75, 3.05) is 26.7 Å². The van der Waals surface area contributed by atoms with E-state index in [1.807, 2.05) is 27.7 Å². The molecule has 0 radical (unpaired) electrons. The first-order chi connectivity index (χ1) is 16.1. The van der Waals surface area contributed by atoms with E-state index in [9.17, 15) is 33.9 Å². The minimum atomic E-state index is -1.29. The molecule has 0 fully saturated rings. The Balaban J connectivity index is 2.52. The molecule has 5 amide bonds. The van der Waals surface area contributed by atoms with Gasteiger partial charge in [-0.1, -0.05) is 33.8 Å². The highest BCUT2D eigenvalue weighted by Crippen LogP contribution is 2.26. The van der Waals surface area contributed by atoms with Gasteiger partial charge < -0.3 is 20.6 Å². The quantitative estimate of drug-likeness (QED) is 0.264. The molecule has 194 valence electrons. The Morgan fingerprint density at radius 3 is 2.23 bits per heavy atom. The van der Waals surface area contributed by atoms with Crippen LogP contribution in [-0.4, -0.2) is 83.1 Å². The topological polar surface area (TPSA) is 153 Å². The number of nitrogens with one attached hydrogen (secondary N) is 2. The molecule has 0 saturated carbocycles. The fourth-order valence-electron chi connectivity index (χ4n) is 3.01. The van der Waals surface area contributed by atoms with E-state index in [4.69, 9.17) is 0 Å². The lowest BCUT2D eigenvalue weighted by Crippen LogP contribution is -2.43. The lowest BCUT2D eigenvalue weighted by Gasteiger charge is -2.29. The molecule has 1 aliphatic heterocycles. The van der Waals surface area contributed by atoms with Crippen LogP contribution in [0.5, 0.6) is 0 Å². The molecule has 1 aliphatic rings. The van der Waals surface area contributed by atoms with Gasteiger partial charge in [-0.05, 0) is 18.8 Å². The van der Waals surface area contributed by atoms with Gasteiger partial charge in [-0.2, -0.15) is 0 Å². The fraction of sp³-hybridized carbons (Fsp3) is 0.583. The number of nitrogens with zero attached hydrogens (tertiary/aromatic N) is 2. The molecule has 2 atom stereocenters. The monoisotopic (exact) mass is 492 g/mol. The Labute approximate surface area is 205 Å². The maximum Gasteiger partial charge on any atom is 0.326 e. The summed E-state index contributed by atoms with van der Waals surface area (Å²) >= 11 is 0.